The molecular weight excluding hydrogens is 162 g/mol. The van der Waals surface area contributed by atoms with Gasteiger partial charge in [0, 0.05) is 7.11 Å². The molecule has 0 heterocycles. The lowest BCUT2D eigenvalue weighted by atomic mass is 10.0. The number of nitrogens with zero attached hydrogens (tertiary/aromatic N) is 1. The van der Waals surface area contributed by atoms with Crippen molar-refractivity contribution in [2.24, 2.45) is 0 Å². The van der Waals surface area contributed by atoms with E-state index in [-0.39, 0.29) is 0 Å². The van der Waals surface area contributed by atoms with Gasteiger partial charge in [0.05, 0.1) is 18.2 Å². The molecular formula is C11H13NO. The Morgan fingerprint density at radius 3 is 2.62 bits per heavy atom. The summed E-state index contributed by atoms with van der Waals surface area (Å²) in [5.41, 5.74) is 2.84. The highest BCUT2D eigenvalue weighted by Crippen LogP contribution is 2.15. The first kappa shape index (κ1) is 9.76. The van der Waals surface area contributed by atoms with E-state index < -0.39 is 0 Å². The van der Waals surface area contributed by atoms with E-state index in [1.165, 1.54) is 0 Å². The van der Waals surface area contributed by atoms with E-state index in [1.54, 1.807) is 7.11 Å². The molecule has 0 bridgehead atoms. The van der Waals surface area contributed by atoms with E-state index in [4.69, 9.17) is 10.00 Å². The summed E-state index contributed by atoms with van der Waals surface area (Å²) in [6.07, 6.45) is 0.889. The Morgan fingerprint density at radius 1 is 1.38 bits per heavy atom. The molecule has 1 aromatic carbocycles. The minimum atomic E-state index is 0.511. The van der Waals surface area contributed by atoms with Crippen molar-refractivity contribution in [1.29, 1.82) is 5.26 Å². The van der Waals surface area contributed by atoms with Gasteiger partial charge in [0.2, 0.25) is 0 Å². The lowest BCUT2D eigenvalue weighted by Gasteiger charge is -2.06. The SMILES string of the molecule is CCc1cccc(COC)c1C#N. The third kappa shape index (κ3) is 2.07. The molecule has 0 aliphatic carbocycles. The molecule has 13 heavy (non-hydrogen) atoms. The maximum absolute atomic E-state index is 8.95. The third-order valence-corrected chi connectivity index (χ3v) is 2.03. The summed E-state index contributed by atoms with van der Waals surface area (Å²) in [6, 6.07) is 8.10. The number of benzene rings is 1. The molecule has 1 aromatic rings. The summed E-state index contributed by atoms with van der Waals surface area (Å²) < 4.78 is 5.02. The summed E-state index contributed by atoms with van der Waals surface area (Å²) in [7, 11) is 1.64. The summed E-state index contributed by atoms with van der Waals surface area (Å²) >= 11 is 0. The molecule has 68 valence electrons. The van der Waals surface area contributed by atoms with Crippen molar-refractivity contribution in [3.63, 3.8) is 0 Å². The fourth-order valence-electron chi connectivity index (χ4n) is 1.37. The molecule has 0 saturated carbocycles. The summed E-state index contributed by atoms with van der Waals surface area (Å²) in [5, 5.41) is 8.95. The van der Waals surface area contributed by atoms with Gasteiger partial charge in [-0.15, -0.1) is 0 Å². The zero-order valence-corrected chi connectivity index (χ0v) is 8.00. The van der Waals surface area contributed by atoms with Crippen LogP contribution in [0.4, 0.5) is 0 Å². The van der Waals surface area contributed by atoms with Gasteiger partial charge in [-0.3, -0.25) is 0 Å². The van der Waals surface area contributed by atoms with Crippen molar-refractivity contribution < 1.29 is 4.74 Å². The smallest absolute Gasteiger partial charge is 0.0998 e. The molecule has 0 atom stereocenters. The fourth-order valence-corrected chi connectivity index (χ4v) is 1.37. The van der Waals surface area contributed by atoms with E-state index in [0.29, 0.717) is 6.61 Å². The molecule has 0 fully saturated rings. The van der Waals surface area contributed by atoms with Gasteiger partial charge in [0.25, 0.3) is 0 Å². The van der Waals surface area contributed by atoms with Crippen LogP contribution in [0.1, 0.15) is 23.6 Å². The topological polar surface area (TPSA) is 33.0 Å². The first-order chi connectivity index (χ1) is 6.33. The number of ether oxygens (including phenoxy) is 1. The van der Waals surface area contributed by atoms with Gasteiger partial charge < -0.3 is 4.74 Å². The van der Waals surface area contributed by atoms with E-state index in [2.05, 4.69) is 6.07 Å². The first-order valence-corrected chi connectivity index (χ1v) is 4.33. The quantitative estimate of drug-likeness (QED) is 0.706. The number of rotatable bonds is 3. The summed E-state index contributed by atoms with van der Waals surface area (Å²) in [4.78, 5) is 0. The van der Waals surface area contributed by atoms with E-state index in [1.807, 2.05) is 25.1 Å². The van der Waals surface area contributed by atoms with Gasteiger partial charge in [-0.05, 0) is 17.5 Å². The van der Waals surface area contributed by atoms with Crippen LogP contribution in [-0.2, 0) is 17.8 Å². The van der Waals surface area contributed by atoms with Crippen LogP contribution < -0.4 is 0 Å². The van der Waals surface area contributed by atoms with Gasteiger partial charge in [-0.1, -0.05) is 25.1 Å². The van der Waals surface area contributed by atoms with Crippen LogP contribution in [0, 0.1) is 11.3 Å². The normalized spacial score (nSPS) is 9.62. The zero-order chi connectivity index (χ0) is 9.68. The molecule has 0 aromatic heterocycles. The number of nitriles is 1. The molecule has 0 unspecified atom stereocenters. The molecule has 0 N–H and O–H groups in total. The van der Waals surface area contributed by atoms with Crippen molar-refractivity contribution in [1.82, 2.24) is 0 Å². The highest BCUT2D eigenvalue weighted by Gasteiger charge is 2.05. The molecule has 0 aliphatic heterocycles. The lowest BCUT2D eigenvalue weighted by molar-refractivity contribution is 0.184. The Labute approximate surface area is 78.8 Å². The molecule has 0 amide bonds. The van der Waals surface area contributed by atoms with Crippen LogP contribution in [0.15, 0.2) is 18.2 Å². The highest BCUT2D eigenvalue weighted by molar-refractivity contribution is 5.44. The van der Waals surface area contributed by atoms with E-state index in [0.717, 1.165) is 23.1 Å². The minimum Gasteiger partial charge on any atom is -0.380 e. The number of hydrogen-bond donors (Lipinski definition) is 0. The Bertz CT molecular complexity index is 325. The fraction of sp³-hybridized carbons (Fsp3) is 0.364. The lowest BCUT2D eigenvalue weighted by Crippen LogP contribution is -1.96. The third-order valence-electron chi connectivity index (χ3n) is 2.03. The van der Waals surface area contributed by atoms with Gasteiger partial charge in [-0.2, -0.15) is 5.26 Å². The minimum absolute atomic E-state index is 0.511. The summed E-state index contributed by atoms with van der Waals surface area (Å²) in [5.74, 6) is 0. The van der Waals surface area contributed by atoms with Crippen LogP contribution in [0.2, 0.25) is 0 Å². The Kier molecular flexibility index (Phi) is 3.48. The zero-order valence-electron chi connectivity index (χ0n) is 8.00. The van der Waals surface area contributed by atoms with Crippen LogP contribution in [0.5, 0.6) is 0 Å². The molecule has 0 radical (unpaired) electrons. The molecule has 0 aliphatic rings. The summed E-state index contributed by atoms with van der Waals surface area (Å²) in [6.45, 7) is 2.56. The number of hydrogen-bond acceptors (Lipinski definition) is 2. The molecule has 2 nitrogen and oxygen atoms in total. The van der Waals surface area contributed by atoms with Gasteiger partial charge in [0.1, 0.15) is 0 Å². The van der Waals surface area contributed by atoms with Gasteiger partial charge in [0.15, 0.2) is 0 Å². The predicted octanol–water partition coefficient (Wildman–Crippen LogP) is 2.27. The monoisotopic (exact) mass is 175 g/mol. The van der Waals surface area contributed by atoms with Gasteiger partial charge in [-0.25, -0.2) is 0 Å². The van der Waals surface area contributed by atoms with Crippen LogP contribution in [-0.4, -0.2) is 7.11 Å². The van der Waals surface area contributed by atoms with E-state index >= 15 is 0 Å². The number of aryl methyl sites for hydroxylation is 1. The molecule has 0 saturated heterocycles. The second-order valence-electron chi connectivity index (χ2n) is 2.85. The van der Waals surface area contributed by atoms with Crippen molar-refractivity contribution in [3.8, 4) is 6.07 Å². The average Bonchev–Trinajstić information content (AvgIpc) is 2.18. The van der Waals surface area contributed by atoms with Crippen molar-refractivity contribution in [2.75, 3.05) is 7.11 Å². The predicted molar refractivity (Wildman–Crippen MR) is 51.2 cm³/mol. The maximum Gasteiger partial charge on any atom is 0.0998 e. The largest absolute Gasteiger partial charge is 0.380 e. The number of methoxy groups -OCH3 is 1. The second-order valence-corrected chi connectivity index (χ2v) is 2.85. The van der Waals surface area contributed by atoms with Crippen LogP contribution in [0.3, 0.4) is 0 Å². The van der Waals surface area contributed by atoms with Crippen molar-refractivity contribution in [2.45, 2.75) is 20.0 Å². The van der Waals surface area contributed by atoms with Crippen molar-refractivity contribution >= 4 is 0 Å². The molecule has 1 rings (SSSR count). The van der Waals surface area contributed by atoms with Crippen molar-refractivity contribution in [3.05, 3.63) is 34.9 Å². The Balaban J connectivity index is 3.13. The maximum atomic E-state index is 8.95. The van der Waals surface area contributed by atoms with E-state index in [9.17, 15) is 0 Å². The van der Waals surface area contributed by atoms with Crippen LogP contribution >= 0.6 is 0 Å². The second kappa shape index (κ2) is 4.64. The Morgan fingerprint density at radius 2 is 2.08 bits per heavy atom. The van der Waals surface area contributed by atoms with Crippen LogP contribution in [0.25, 0.3) is 0 Å². The molecule has 2 heteroatoms. The average molecular weight is 175 g/mol. The highest BCUT2D eigenvalue weighted by atomic mass is 16.5. The Hall–Kier alpha value is -1.33. The standard InChI is InChI=1S/C11H13NO/c1-3-9-5-4-6-10(8-13-2)11(9)7-12/h4-6H,3,8H2,1-2H3. The van der Waals surface area contributed by atoms with Gasteiger partial charge >= 0.3 is 0 Å². The first-order valence-electron chi connectivity index (χ1n) is 4.33. The molecule has 0 spiro atoms.